The number of hydrogen-bond acceptors (Lipinski definition) is 4. The molecule has 70 valence electrons. The van der Waals surface area contributed by atoms with E-state index in [-0.39, 0.29) is 6.10 Å². The van der Waals surface area contributed by atoms with E-state index in [1.807, 2.05) is 0 Å². The van der Waals surface area contributed by atoms with Gasteiger partial charge in [0.15, 0.2) is 0 Å². The van der Waals surface area contributed by atoms with Gasteiger partial charge in [-0.3, -0.25) is 0 Å². The van der Waals surface area contributed by atoms with E-state index in [1.54, 1.807) is 6.92 Å². The minimum atomic E-state index is -0.702. The molecule has 0 aromatic heterocycles. The largest absolute Gasteiger partial charge is 0.317 e. The van der Waals surface area contributed by atoms with Crippen LogP contribution in [-0.2, 0) is 4.84 Å². The second kappa shape index (κ2) is 4.25. The summed E-state index contributed by atoms with van der Waals surface area (Å²) in [5.74, 6) is 0.330. The summed E-state index contributed by atoms with van der Waals surface area (Å²) in [6.07, 6.45) is 1.67. The van der Waals surface area contributed by atoms with Crippen LogP contribution < -0.4 is 5.32 Å². The molecule has 1 fully saturated rings. The fourth-order valence-corrected chi connectivity index (χ4v) is 1.54. The Morgan fingerprint density at radius 2 is 2.17 bits per heavy atom. The first-order valence-electron chi connectivity index (χ1n) is 4.22. The second-order valence-corrected chi connectivity index (χ2v) is 3.12. The molecule has 12 heavy (non-hydrogen) atoms. The number of rotatable bonds is 3. The van der Waals surface area contributed by atoms with E-state index in [4.69, 9.17) is 0 Å². The Labute approximate surface area is 71.2 Å². The van der Waals surface area contributed by atoms with Gasteiger partial charge >= 0.3 is 0 Å². The van der Waals surface area contributed by atoms with E-state index in [0.29, 0.717) is 5.92 Å². The molecule has 0 aliphatic carbocycles. The minimum Gasteiger partial charge on any atom is -0.317 e. The van der Waals surface area contributed by atoms with Crippen molar-refractivity contribution in [2.24, 2.45) is 5.92 Å². The van der Waals surface area contributed by atoms with Crippen molar-refractivity contribution in [3.05, 3.63) is 10.1 Å². The average Bonchev–Trinajstić information content (AvgIpc) is 2.05. The van der Waals surface area contributed by atoms with Crippen LogP contribution in [-0.4, -0.2) is 24.3 Å². The van der Waals surface area contributed by atoms with Crippen molar-refractivity contribution in [2.45, 2.75) is 25.9 Å². The molecule has 1 aliphatic rings. The molecule has 1 rings (SSSR count). The van der Waals surface area contributed by atoms with E-state index in [1.165, 1.54) is 0 Å². The first kappa shape index (κ1) is 9.25. The summed E-state index contributed by atoms with van der Waals surface area (Å²) < 4.78 is 0. The van der Waals surface area contributed by atoms with Crippen molar-refractivity contribution in [3.63, 3.8) is 0 Å². The molecule has 0 bridgehead atoms. The molecule has 1 saturated heterocycles. The zero-order valence-corrected chi connectivity index (χ0v) is 7.16. The number of nitrogens with zero attached hydrogens (tertiary/aromatic N) is 1. The predicted octanol–water partition coefficient (Wildman–Crippen LogP) is 0.583. The lowest BCUT2D eigenvalue weighted by atomic mass is 9.93. The summed E-state index contributed by atoms with van der Waals surface area (Å²) >= 11 is 0. The van der Waals surface area contributed by atoms with Gasteiger partial charge < -0.3 is 10.2 Å². The van der Waals surface area contributed by atoms with E-state index in [2.05, 4.69) is 10.2 Å². The molecular formula is C7H14N2O3. The van der Waals surface area contributed by atoms with Crippen molar-refractivity contribution in [3.8, 4) is 0 Å². The Morgan fingerprint density at radius 3 is 2.67 bits per heavy atom. The van der Waals surface area contributed by atoms with Crippen molar-refractivity contribution in [1.29, 1.82) is 0 Å². The normalized spacial score (nSPS) is 21.8. The Balaban J connectivity index is 2.29. The van der Waals surface area contributed by atoms with Crippen LogP contribution in [0.2, 0.25) is 0 Å². The van der Waals surface area contributed by atoms with Crippen LogP contribution in [0.15, 0.2) is 0 Å². The molecule has 5 nitrogen and oxygen atoms in total. The van der Waals surface area contributed by atoms with Crippen LogP contribution in [0.1, 0.15) is 19.8 Å². The Bertz CT molecular complexity index is 157. The van der Waals surface area contributed by atoms with Gasteiger partial charge in [0, 0.05) is 0 Å². The van der Waals surface area contributed by atoms with Crippen molar-refractivity contribution in [2.75, 3.05) is 13.1 Å². The molecule has 0 radical (unpaired) electrons. The zero-order chi connectivity index (χ0) is 8.97. The molecule has 1 atom stereocenters. The lowest BCUT2D eigenvalue weighted by molar-refractivity contribution is -0.769. The predicted molar refractivity (Wildman–Crippen MR) is 43.1 cm³/mol. The molecule has 5 heteroatoms. The van der Waals surface area contributed by atoms with Crippen LogP contribution in [0.4, 0.5) is 0 Å². The summed E-state index contributed by atoms with van der Waals surface area (Å²) in [6.45, 7) is 3.64. The van der Waals surface area contributed by atoms with Crippen molar-refractivity contribution < 1.29 is 9.92 Å². The minimum absolute atomic E-state index is 0.262. The van der Waals surface area contributed by atoms with Gasteiger partial charge in [0.25, 0.3) is 5.09 Å². The quantitative estimate of drug-likeness (QED) is 0.502. The third kappa shape index (κ3) is 2.65. The second-order valence-electron chi connectivity index (χ2n) is 3.12. The highest BCUT2D eigenvalue weighted by molar-refractivity contribution is 4.72. The lowest BCUT2D eigenvalue weighted by Crippen LogP contribution is -2.34. The number of hydrogen-bond donors (Lipinski definition) is 1. The molecule has 1 heterocycles. The number of piperidine rings is 1. The summed E-state index contributed by atoms with van der Waals surface area (Å²) in [6, 6.07) is 0. The summed E-state index contributed by atoms with van der Waals surface area (Å²) in [5, 5.41) is 12.5. The Hall–Kier alpha value is -0.840. The van der Waals surface area contributed by atoms with E-state index >= 15 is 0 Å². The van der Waals surface area contributed by atoms with Gasteiger partial charge in [0.1, 0.15) is 6.10 Å². The van der Waals surface area contributed by atoms with Gasteiger partial charge in [0.05, 0.1) is 0 Å². The van der Waals surface area contributed by atoms with Gasteiger partial charge in [-0.1, -0.05) is 0 Å². The molecule has 0 aromatic carbocycles. The van der Waals surface area contributed by atoms with E-state index in [9.17, 15) is 10.1 Å². The maximum absolute atomic E-state index is 10.0. The van der Waals surface area contributed by atoms with Crippen LogP contribution >= 0.6 is 0 Å². The Kier molecular flexibility index (Phi) is 3.28. The molecule has 1 aliphatic heterocycles. The van der Waals surface area contributed by atoms with Gasteiger partial charge in [-0.15, -0.1) is 10.1 Å². The first-order valence-corrected chi connectivity index (χ1v) is 4.22. The molecule has 0 amide bonds. The van der Waals surface area contributed by atoms with Crippen LogP contribution in [0, 0.1) is 16.0 Å². The molecule has 0 saturated carbocycles. The molecular weight excluding hydrogens is 160 g/mol. The fraction of sp³-hybridized carbons (Fsp3) is 1.00. The standard InChI is InChI=1S/C7H14N2O3/c1-6(12-9(10)11)7-2-4-8-5-3-7/h6-8H,2-5H2,1H3. The maximum Gasteiger partial charge on any atom is 0.294 e. The molecule has 0 aromatic rings. The van der Waals surface area contributed by atoms with Crippen molar-refractivity contribution in [1.82, 2.24) is 5.32 Å². The lowest BCUT2D eigenvalue weighted by Gasteiger charge is -2.26. The zero-order valence-electron chi connectivity index (χ0n) is 7.16. The molecule has 1 N–H and O–H groups in total. The molecule has 0 spiro atoms. The van der Waals surface area contributed by atoms with Gasteiger partial charge in [0.2, 0.25) is 0 Å². The van der Waals surface area contributed by atoms with Crippen LogP contribution in [0.25, 0.3) is 0 Å². The fourth-order valence-electron chi connectivity index (χ4n) is 1.54. The molecule has 1 unspecified atom stereocenters. The topological polar surface area (TPSA) is 64.4 Å². The van der Waals surface area contributed by atoms with Gasteiger partial charge in [-0.2, -0.15) is 0 Å². The summed E-state index contributed by atoms with van der Waals surface area (Å²) in [4.78, 5) is 14.5. The highest BCUT2D eigenvalue weighted by Gasteiger charge is 2.22. The van der Waals surface area contributed by atoms with Gasteiger partial charge in [-0.25, -0.2) is 0 Å². The number of nitrogens with one attached hydrogen (secondary N) is 1. The van der Waals surface area contributed by atoms with Crippen LogP contribution in [0.5, 0.6) is 0 Å². The first-order chi connectivity index (χ1) is 5.70. The highest BCUT2D eigenvalue weighted by Crippen LogP contribution is 2.18. The van der Waals surface area contributed by atoms with Crippen molar-refractivity contribution >= 4 is 0 Å². The summed E-state index contributed by atoms with van der Waals surface area (Å²) in [7, 11) is 0. The third-order valence-corrected chi connectivity index (χ3v) is 2.30. The monoisotopic (exact) mass is 174 g/mol. The smallest absolute Gasteiger partial charge is 0.294 e. The third-order valence-electron chi connectivity index (χ3n) is 2.30. The van der Waals surface area contributed by atoms with Crippen LogP contribution in [0.3, 0.4) is 0 Å². The van der Waals surface area contributed by atoms with Gasteiger partial charge in [-0.05, 0) is 38.8 Å². The maximum atomic E-state index is 10.0. The summed E-state index contributed by atoms with van der Waals surface area (Å²) in [5.41, 5.74) is 0. The van der Waals surface area contributed by atoms with E-state index < -0.39 is 5.09 Å². The highest BCUT2D eigenvalue weighted by atomic mass is 17.0. The Morgan fingerprint density at radius 1 is 1.58 bits per heavy atom. The average molecular weight is 174 g/mol. The van der Waals surface area contributed by atoms with E-state index in [0.717, 1.165) is 25.9 Å². The SMILES string of the molecule is CC(O[N+](=O)[O-])C1CCNCC1.